The molecule has 8 nitrogen and oxygen atoms in total. The van der Waals surface area contributed by atoms with Gasteiger partial charge in [-0.15, -0.1) is 13.2 Å². The molecule has 8 heteroatoms. The molecule has 3 heterocycles. The average molecular weight is 490 g/mol. The molecule has 3 amide bonds. The van der Waals surface area contributed by atoms with Gasteiger partial charge in [0.05, 0.1) is 17.4 Å². The maximum Gasteiger partial charge on any atom is 0.248 e. The van der Waals surface area contributed by atoms with Crippen LogP contribution in [0.4, 0.5) is 0 Å². The maximum absolute atomic E-state index is 14.1. The van der Waals surface area contributed by atoms with E-state index < -0.39 is 29.1 Å². The third-order valence-electron chi connectivity index (χ3n) is 8.10. The number of hydrogen-bond acceptors (Lipinski definition) is 5. The Bertz CT molecular complexity index is 845. The maximum atomic E-state index is 14.1. The third-order valence-corrected chi connectivity index (χ3v) is 8.10. The summed E-state index contributed by atoms with van der Waals surface area (Å²) in [7, 11) is 1.72. The number of fused-ring (bicyclic) bond motifs is 1. The van der Waals surface area contributed by atoms with Gasteiger partial charge in [-0.3, -0.25) is 14.4 Å². The van der Waals surface area contributed by atoms with Crippen molar-refractivity contribution in [2.24, 2.45) is 11.8 Å². The van der Waals surface area contributed by atoms with E-state index >= 15 is 0 Å². The van der Waals surface area contributed by atoms with Crippen LogP contribution in [-0.4, -0.2) is 94.1 Å². The second kappa shape index (κ2) is 10.8. The molecule has 2 unspecified atom stereocenters. The van der Waals surface area contributed by atoms with E-state index in [1.807, 2.05) is 20.8 Å². The van der Waals surface area contributed by atoms with E-state index in [2.05, 4.69) is 13.2 Å². The molecule has 3 aliphatic heterocycles. The van der Waals surface area contributed by atoms with Crippen molar-refractivity contribution in [1.29, 1.82) is 0 Å². The SMILES string of the molecule is C=CCN(C)C(=O)[C@@H]1[C@H]2C(=O)N(CCCCCCO)C(C(=O)N(CC=C)C(C)C)C23CC[C@@]1(C)O3. The highest BCUT2D eigenvalue weighted by atomic mass is 16.5. The number of carbonyl (C=O) groups excluding carboxylic acids is 3. The number of aliphatic hydroxyl groups is 1. The molecule has 0 aromatic carbocycles. The number of likely N-dealkylation sites (N-methyl/N-ethyl adjacent to an activating group) is 1. The monoisotopic (exact) mass is 489 g/mol. The van der Waals surface area contributed by atoms with Crippen molar-refractivity contribution in [2.45, 2.75) is 82.6 Å². The largest absolute Gasteiger partial charge is 0.396 e. The normalized spacial score (nSPS) is 31.1. The molecule has 0 aromatic heterocycles. The molecular weight excluding hydrogens is 446 g/mol. The Morgan fingerprint density at radius 1 is 1.14 bits per heavy atom. The van der Waals surface area contributed by atoms with Gasteiger partial charge in [-0.05, 0) is 46.5 Å². The second-order valence-corrected chi connectivity index (χ2v) is 10.8. The summed E-state index contributed by atoms with van der Waals surface area (Å²) in [6.45, 7) is 14.7. The summed E-state index contributed by atoms with van der Waals surface area (Å²) in [6.07, 6.45) is 7.74. The minimum atomic E-state index is -1.00. The second-order valence-electron chi connectivity index (χ2n) is 10.8. The topological polar surface area (TPSA) is 90.4 Å². The van der Waals surface area contributed by atoms with Crippen LogP contribution in [-0.2, 0) is 19.1 Å². The minimum Gasteiger partial charge on any atom is -0.396 e. The Morgan fingerprint density at radius 2 is 1.80 bits per heavy atom. The van der Waals surface area contributed by atoms with Crippen LogP contribution in [0.5, 0.6) is 0 Å². The fourth-order valence-electron chi connectivity index (χ4n) is 6.44. The van der Waals surface area contributed by atoms with Crippen molar-refractivity contribution in [3.63, 3.8) is 0 Å². The molecule has 1 spiro atoms. The Hall–Kier alpha value is -2.19. The van der Waals surface area contributed by atoms with Crippen LogP contribution in [0.1, 0.15) is 59.3 Å². The van der Waals surface area contributed by atoms with Crippen LogP contribution < -0.4 is 0 Å². The third kappa shape index (κ3) is 4.67. The van der Waals surface area contributed by atoms with Crippen molar-refractivity contribution in [2.75, 3.05) is 33.3 Å². The van der Waals surface area contributed by atoms with Gasteiger partial charge in [0, 0.05) is 39.3 Å². The highest BCUT2D eigenvalue weighted by Crippen LogP contribution is 2.63. The Kier molecular flexibility index (Phi) is 8.48. The van der Waals surface area contributed by atoms with Crippen LogP contribution in [0.25, 0.3) is 0 Å². The first-order chi connectivity index (χ1) is 16.6. The first kappa shape index (κ1) is 27.4. The Labute approximate surface area is 210 Å². The van der Waals surface area contributed by atoms with Crippen LogP contribution in [0.15, 0.2) is 25.3 Å². The molecule has 0 radical (unpaired) electrons. The van der Waals surface area contributed by atoms with Crippen molar-refractivity contribution in [1.82, 2.24) is 14.7 Å². The number of nitrogens with zero attached hydrogens (tertiary/aromatic N) is 3. The van der Waals surface area contributed by atoms with Crippen molar-refractivity contribution in [3.8, 4) is 0 Å². The van der Waals surface area contributed by atoms with E-state index in [4.69, 9.17) is 9.84 Å². The number of unbranched alkanes of at least 4 members (excludes halogenated alkanes) is 3. The molecular formula is C27H43N3O5. The van der Waals surface area contributed by atoms with E-state index in [1.165, 1.54) is 0 Å². The Balaban J connectivity index is 2.00. The van der Waals surface area contributed by atoms with Crippen molar-refractivity contribution in [3.05, 3.63) is 25.3 Å². The molecule has 0 saturated carbocycles. The summed E-state index contributed by atoms with van der Waals surface area (Å²) in [5, 5.41) is 9.08. The molecule has 3 aliphatic rings. The Morgan fingerprint density at radius 3 is 2.40 bits per heavy atom. The van der Waals surface area contributed by atoms with Gasteiger partial charge in [0.1, 0.15) is 11.6 Å². The quantitative estimate of drug-likeness (QED) is 0.317. The lowest BCUT2D eigenvalue weighted by atomic mass is 9.66. The van der Waals surface area contributed by atoms with Crippen LogP contribution in [0, 0.1) is 11.8 Å². The highest BCUT2D eigenvalue weighted by Gasteiger charge is 2.78. The minimum absolute atomic E-state index is 0.0669. The molecule has 35 heavy (non-hydrogen) atoms. The lowest BCUT2D eigenvalue weighted by molar-refractivity contribution is -0.154. The predicted octanol–water partition coefficient (Wildman–Crippen LogP) is 2.37. The highest BCUT2D eigenvalue weighted by molar-refractivity contribution is 5.99. The van der Waals surface area contributed by atoms with Crippen LogP contribution >= 0.6 is 0 Å². The molecule has 3 fully saturated rings. The van der Waals surface area contributed by atoms with Gasteiger partial charge in [0.25, 0.3) is 0 Å². The van der Waals surface area contributed by atoms with Gasteiger partial charge in [0.15, 0.2) is 0 Å². The molecule has 1 N–H and O–H groups in total. The van der Waals surface area contributed by atoms with E-state index in [0.29, 0.717) is 32.5 Å². The molecule has 5 atom stereocenters. The summed E-state index contributed by atoms with van der Waals surface area (Å²) < 4.78 is 6.68. The molecule has 3 rings (SSSR count). The zero-order chi connectivity index (χ0) is 26.0. The zero-order valence-corrected chi connectivity index (χ0v) is 21.9. The summed E-state index contributed by atoms with van der Waals surface area (Å²) in [5.41, 5.74) is -1.78. The fraction of sp³-hybridized carbons (Fsp3) is 0.741. The number of ether oxygens (including phenoxy) is 1. The molecule has 0 aromatic rings. The van der Waals surface area contributed by atoms with E-state index in [0.717, 1.165) is 25.7 Å². The number of aliphatic hydroxyl groups excluding tert-OH is 1. The first-order valence-corrected chi connectivity index (χ1v) is 13.0. The zero-order valence-electron chi connectivity index (χ0n) is 21.9. The number of hydrogen-bond donors (Lipinski definition) is 1. The van der Waals surface area contributed by atoms with Gasteiger partial charge in [-0.25, -0.2) is 0 Å². The lowest BCUT2D eigenvalue weighted by Gasteiger charge is -2.38. The van der Waals surface area contributed by atoms with E-state index in [9.17, 15) is 14.4 Å². The summed E-state index contributed by atoms with van der Waals surface area (Å²) in [6, 6.07) is -0.827. The summed E-state index contributed by atoms with van der Waals surface area (Å²) >= 11 is 0. The fourth-order valence-corrected chi connectivity index (χ4v) is 6.44. The molecule has 2 bridgehead atoms. The number of likely N-dealkylation sites (tertiary alicyclic amines) is 1. The van der Waals surface area contributed by atoms with Gasteiger partial charge in [-0.2, -0.15) is 0 Å². The smallest absolute Gasteiger partial charge is 0.248 e. The van der Waals surface area contributed by atoms with Gasteiger partial charge < -0.3 is 24.5 Å². The van der Waals surface area contributed by atoms with E-state index in [-0.39, 0.29) is 30.4 Å². The molecule has 0 aliphatic carbocycles. The summed E-state index contributed by atoms with van der Waals surface area (Å²) in [5.74, 6) is -1.72. The standard InChI is InChI=1S/C27H43N3O5/c1-7-15-28(6)23(32)20-21-24(33)30(17-11-9-10-12-18-31)22(25(34)29(16-8-2)19(3)4)27(21)14-13-26(20,5)35-27/h7-8,19-22,31H,1-2,9-18H2,3-6H3/t20-,21-,22?,26+,27?/m0/s1. The number of rotatable bonds is 13. The average Bonchev–Trinajstić information content (AvgIpc) is 3.37. The molecule has 3 saturated heterocycles. The number of carbonyl (C=O) groups is 3. The van der Waals surface area contributed by atoms with E-state index in [1.54, 1.807) is 33.9 Å². The van der Waals surface area contributed by atoms with Crippen molar-refractivity contribution >= 4 is 17.7 Å². The lowest BCUT2D eigenvalue weighted by Crippen LogP contribution is -2.57. The predicted molar refractivity (Wildman–Crippen MR) is 134 cm³/mol. The number of amides is 3. The van der Waals surface area contributed by atoms with Crippen LogP contribution in [0.3, 0.4) is 0 Å². The van der Waals surface area contributed by atoms with Crippen LogP contribution in [0.2, 0.25) is 0 Å². The van der Waals surface area contributed by atoms with Crippen molar-refractivity contribution < 1.29 is 24.2 Å². The van der Waals surface area contributed by atoms with Gasteiger partial charge >= 0.3 is 0 Å². The molecule has 196 valence electrons. The van der Waals surface area contributed by atoms with Gasteiger partial charge in [-0.1, -0.05) is 25.0 Å². The van der Waals surface area contributed by atoms with Gasteiger partial charge in [0.2, 0.25) is 17.7 Å². The first-order valence-electron chi connectivity index (χ1n) is 13.0. The summed E-state index contributed by atoms with van der Waals surface area (Å²) in [4.78, 5) is 46.7.